The van der Waals surface area contributed by atoms with Crippen molar-refractivity contribution in [1.82, 2.24) is 25.4 Å². The van der Waals surface area contributed by atoms with Gasteiger partial charge in [-0.05, 0) is 51.3 Å². The van der Waals surface area contributed by atoms with Gasteiger partial charge in [0.05, 0.1) is 10.7 Å². The van der Waals surface area contributed by atoms with Gasteiger partial charge in [-0.2, -0.15) is 0 Å². The molecule has 132 valence electrons. The van der Waals surface area contributed by atoms with Crippen LogP contribution < -0.4 is 10.6 Å². The molecule has 1 saturated heterocycles. The van der Waals surface area contributed by atoms with Gasteiger partial charge in [0.15, 0.2) is 0 Å². The second-order valence-corrected chi connectivity index (χ2v) is 7.39. The Bertz CT molecular complexity index is 786. The lowest BCUT2D eigenvalue weighted by molar-refractivity contribution is 0.0915. The fourth-order valence-electron chi connectivity index (χ4n) is 3.34. The van der Waals surface area contributed by atoms with Gasteiger partial charge in [-0.1, -0.05) is 23.7 Å². The topological polar surface area (TPSA) is 71.8 Å². The van der Waals surface area contributed by atoms with Crippen LogP contribution >= 0.6 is 11.6 Å². The Morgan fingerprint density at radius 2 is 2.12 bits per heavy atom. The molecular weight excluding hydrogens is 338 g/mol. The van der Waals surface area contributed by atoms with E-state index in [-0.39, 0.29) is 17.8 Å². The van der Waals surface area contributed by atoms with Crippen molar-refractivity contribution >= 4 is 17.5 Å². The fraction of sp³-hybridized carbons (Fsp3) is 0.500. The van der Waals surface area contributed by atoms with Crippen LogP contribution in [-0.2, 0) is 0 Å². The van der Waals surface area contributed by atoms with Gasteiger partial charge in [-0.25, -0.2) is 9.67 Å². The maximum Gasteiger partial charge on any atom is 0.291 e. The highest BCUT2D eigenvalue weighted by atomic mass is 35.5. The van der Waals surface area contributed by atoms with Crippen LogP contribution in [0.3, 0.4) is 0 Å². The monoisotopic (exact) mass is 359 g/mol. The summed E-state index contributed by atoms with van der Waals surface area (Å²) in [7, 11) is 0. The van der Waals surface area contributed by atoms with Crippen LogP contribution in [0.25, 0.3) is 5.69 Å². The van der Waals surface area contributed by atoms with E-state index in [0.29, 0.717) is 17.0 Å². The molecule has 1 aliphatic heterocycles. The first-order valence-electron chi connectivity index (χ1n) is 8.88. The van der Waals surface area contributed by atoms with Crippen LogP contribution in [-0.4, -0.2) is 39.3 Å². The molecule has 1 aliphatic carbocycles. The number of halogens is 1. The van der Waals surface area contributed by atoms with E-state index in [2.05, 4.69) is 27.6 Å². The average Bonchev–Trinajstić information content (AvgIpc) is 3.34. The summed E-state index contributed by atoms with van der Waals surface area (Å²) in [6, 6.07) is 8.10. The molecule has 0 radical (unpaired) electrons. The standard InChI is InChI=1S/C18H22ClN5O/c1-11-10-13(8-9-20-11)21-18(25)16-22-17(12-6-7-12)24(23-16)15-5-3-2-4-14(15)19/h2-5,11-13,20H,6-10H2,1H3,(H,21,25). The minimum absolute atomic E-state index is 0.167. The number of carbonyl (C=O) groups excluding carboxylic acids is 1. The Balaban J connectivity index is 1.59. The van der Waals surface area contributed by atoms with Crippen LogP contribution in [0.2, 0.25) is 5.02 Å². The number of benzene rings is 1. The second kappa shape index (κ2) is 6.77. The molecular formula is C18H22ClN5O. The molecule has 4 rings (SSSR count). The van der Waals surface area contributed by atoms with E-state index >= 15 is 0 Å². The summed E-state index contributed by atoms with van der Waals surface area (Å²) in [5.74, 6) is 1.22. The summed E-state index contributed by atoms with van der Waals surface area (Å²) < 4.78 is 1.74. The lowest BCUT2D eigenvalue weighted by Gasteiger charge is -2.28. The van der Waals surface area contributed by atoms with Crippen LogP contribution in [0.15, 0.2) is 24.3 Å². The van der Waals surface area contributed by atoms with E-state index in [1.54, 1.807) is 4.68 Å². The van der Waals surface area contributed by atoms with E-state index in [1.165, 1.54) is 0 Å². The molecule has 2 aliphatic rings. The molecule has 6 nitrogen and oxygen atoms in total. The SMILES string of the molecule is CC1CC(NC(=O)c2nc(C3CC3)n(-c3ccccc3Cl)n2)CCN1. The lowest BCUT2D eigenvalue weighted by atomic mass is 10.0. The van der Waals surface area contributed by atoms with Gasteiger partial charge in [-0.3, -0.25) is 4.79 Å². The van der Waals surface area contributed by atoms with Crippen LogP contribution in [0.5, 0.6) is 0 Å². The van der Waals surface area contributed by atoms with E-state index in [1.807, 2.05) is 24.3 Å². The van der Waals surface area contributed by atoms with E-state index < -0.39 is 0 Å². The van der Waals surface area contributed by atoms with Gasteiger partial charge in [0.25, 0.3) is 5.91 Å². The van der Waals surface area contributed by atoms with Gasteiger partial charge in [0.2, 0.25) is 5.82 Å². The fourth-order valence-corrected chi connectivity index (χ4v) is 3.56. The Morgan fingerprint density at radius 3 is 2.84 bits per heavy atom. The first-order chi connectivity index (χ1) is 12.1. The van der Waals surface area contributed by atoms with Gasteiger partial charge < -0.3 is 10.6 Å². The third kappa shape index (κ3) is 3.55. The lowest BCUT2D eigenvalue weighted by Crippen LogP contribution is -2.46. The Morgan fingerprint density at radius 1 is 1.32 bits per heavy atom. The molecule has 2 fully saturated rings. The van der Waals surface area contributed by atoms with Gasteiger partial charge in [0.1, 0.15) is 5.82 Å². The molecule has 2 aromatic rings. The number of piperidine rings is 1. The molecule has 1 amide bonds. The summed E-state index contributed by atoms with van der Waals surface area (Å²) in [4.78, 5) is 17.2. The zero-order chi connectivity index (χ0) is 17.4. The van der Waals surface area contributed by atoms with E-state index in [4.69, 9.17) is 11.6 Å². The molecule has 2 unspecified atom stereocenters. The Hall–Kier alpha value is -1.92. The number of hydrogen-bond donors (Lipinski definition) is 2. The molecule has 0 bridgehead atoms. The van der Waals surface area contributed by atoms with E-state index in [9.17, 15) is 4.79 Å². The summed E-state index contributed by atoms with van der Waals surface area (Å²) in [5.41, 5.74) is 0.771. The zero-order valence-corrected chi connectivity index (χ0v) is 15.0. The minimum Gasteiger partial charge on any atom is -0.346 e. The number of carbonyl (C=O) groups is 1. The largest absolute Gasteiger partial charge is 0.346 e. The third-order valence-electron chi connectivity index (χ3n) is 4.82. The minimum atomic E-state index is -0.202. The molecule has 0 spiro atoms. The molecule has 1 aromatic carbocycles. The van der Waals surface area contributed by atoms with Crippen LogP contribution in [0.4, 0.5) is 0 Å². The van der Waals surface area contributed by atoms with Crippen molar-refractivity contribution < 1.29 is 4.79 Å². The summed E-state index contributed by atoms with van der Waals surface area (Å²) in [6.45, 7) is 3.05. The number of para-hydroxylation sites is 1. The number of nitrogens with one attached hydrogen (secondary N) is 2. The predicted octanol–water partition coefficient (Wildman–Crippen LogP) is 2.67. The van der Waals surface area contributed by atoms with Crippen molar-refractivity contribution in [3.8, 4) is 5.69 Å². The highest BCUT2D eigenvalue weighted by molar-refractivity contribution is 6.32. The van der Waals surface area contributed by atoms with Crippen molar-refractivity contribution in [2.75, 3.05) is 6.54 Å². The smallest absolute Gasteiger partial charge is 0.291 e. The molecule has 25 heavy (non-hydrogen) atoms. The van der Waals surface area contributed by atoms with Crippen LogP contribution in [0.1, 0.15) is 55.0 Å². The number of nitrogens with zero attached hydrogens (tertiary/aromatic N) is 3. The summed E-state index contributed by atoms with van der Waals surface area (Å²) in [6.07, 6.45) is 4.01. The highest BCUT2D eigenvalue weighted by Gasteiger charge is 2.32. The maximum absolute atomic E-state index is 12.6. The van der Waals surface area contributed by atoms with E-state index in [0.717, 1.165) is 43.7 Å². The molecule has 1 aromatic heterocycles. The average molecular weight is 360 g/mol. The normalized spacial score (nSPS) is 23.4. The van der Waals surface area contributed by atoms with Gasteiger partial charge in [0, 0.05) is 18.0 Å². The summed E-state index contributed by atoms with van der Waals surface area (Å²) in [5, 5.41) is 11.6. The zero-order valence-electron chi connectivity index (χ0n) is 14.2. The van der Waals surface area contributed by atoms with Crippen molar-refractivity contribution in [3.05, 3.63) is 40.9 Å². The molecule has 2 heterocycles. The number of amides is 1. The van der Waals surface area contributed by atoms with Gasteiger partial charge in [-0.15, -0.1) is 5.10 Å². The number of rotatable bonds is 4. The Kier molecular flexibility index (Phi) is 4.48. The van der Waals surface area contributed by atoms with Crippen molar-refractivity contribution in [1.29, 1.82) is 0 Å². The first-order valence-corrected chi connectivity index (χ1v) is 9.25. The second-order valence-electron chi connectivity index (χ2n) is 6.98. The highest BCUT2D eigenvalue weighted by Crippen LogP contribution is 2.40. The molecule has 2 atom stereocenters. The van der Waals surface area contributed by atoms with Crippen molar-refractivity contribution in [3.63, 3.8) is 0 Å². The Labute approximate surface area is 152 Å². The summed E-state index contributed by atoms with van der Waals surface area (Å²) >= 11 is 6.32. The number of aromatic nitrogens is 3. The van der Waals surface area contributed by atoms with Crippen molar-refractivity contribution in [2.24, 2.45) is 0 Å². The predicted molar refractivity (Wildman–Crippen MR) is 96.3 cm³/mol. The first kappa shape index (κ1) is 16.5. The van der Waals surface area contributed by atoms with Crippen molar-refractivity contribution in [2.45, 2.75) is 50.6 Å². The molecule has 2 N–H and O–H groups in total. The third-order valence-corrected chi connectivity index (χ3v) is 5.14. The quantitative estimate of drug-likeness (QED) is 0.880. The van der Waals surface area contributed by atoms with Gasteiger partial charge >= 0.3 is 0 Å². The number of hydrogen-bond acceptors (Lipinski definition) is 4. The molecule has 7 heteroatoms. The molecule has 1 saturated carbocycles. The van der Waals surface area contributed by atoms with Crippen LogP contribution in [0, 0.1) is 0 Å². The maximum atomic E-state index is 12.6.